The third-order valence-electron chi connectivity index (χ3n) is 0.896. The van der Waals surface area contributed by atoms with Crippen LogP contribution >= 0.6 is 0 Å². The largest absolute Gasteiger partial charge is 0.490 e. The minimum Gasteiger partial charge on any atom is -0.345 e. The number of hydrogen-bond acceptors (Lipinski definition) is 3. The van der Waals surface area contributed by atoms with E-state index in [0.29, 0.717) is 0 Å². The molecule has 0 fully saturated rings. The first-order chi connectivity index (χ1) is 5.91. The molecule has 3 nitrogen and oxygen atoms in total. The van der Waals surface area contributed by atoms with E-state index in [0.717, 1.165) is 20.8 Å². The van der Waals surface area contributed by atoms with E-state index in [9.17, 15) is 13.2 Å². The van der Waals surface area contributed by atoms with Crippen LogP contribution in [0.1, 0.15) is 20.8 Å². The fourth-order valence-corrected chi connectivity index (χ4v) is 1.67. The van der Waals surface area contributed by atoms with Gasteiger partial charge in [0.1, 0.15) is 0 Å². The molecule has 0 N–H and O–H groups in total. The van der Waals surface area contributed by atoms with Gasteiger partial charge in [-0.05, 0) is 20.8 Å². The first-order valence-electron chi connectivity index (χ1n) is 3.80. The van der Waals surface area contributed by atoms with Crippen molar-refractivity contribution in [1.82, 2.24) is 0 Å². The lowest BCUT2D eigenvalue weighted by atomic mass is 10.8. The Labute approximate surface area is 76.7 Å². The first-order valence-corrected chi connectivity index (χ1v) is 5.22. The van der Waals surface area contributed by atoms with Crippen molar-refractivity contribution in [3.8, 4) is 0 Å². The third-order valence-corrected chi connectivity index (χ3v) is 2.69. The van der Waals surface area contributed by atoms with Crippen molar-refractivity contribution in [1.29, 1.82) is 0 Å². The minimum absolute atomic E-state index is 1.08. The Morgan fingerprint density at radius 3 is 1.15 bits per heavy atom. The van der Waals surface area contributed by atoms with Gasteiger partial charge in [0.25, 0.3) is 0 Å². The molecule has 0 aliphatic rings. The Hall–Kier alpha value is -0.113. The van der Waals surface area contributed by atoms with Gasteiger partial charge in [0, 0.05) is 0 Å². The smallest absolute Gasteiger partial charge is 0.345 e. The minimum atomic E-state index is -3.03. The highest BCUT2D eigenvalue weighted by atomic mass is 28.3. The topological polar surface area (TPSA) is 27.7 Å². The van der Waals surface area contributed by atoms with E-state index in [1.54, 1.807) is 0 Å². The molecule has 0 radical (unpaired) electrons. The number of rotatable bonds is 6. The maximum absolute atomic E-state index is 12.3. The van der Waals surface area contributed by atoms with Crippen LogP contribution in [0.25, 0.3) is 0 Å². The molecule has 0 saturated heterocycles. The van der Waals surface area contributed by atoms with E-state index in [4.69, 9.17) is 0 Å². The van der Waals surface area contributed by atoms with Crippen LogP contribution in [-0.2, 0) is 13.3 Å². The van der Waals surface area contributed by atoms with Crippen LogP contribution < -0.4 is 0 Å². The summed E-state index contributed by atoms with van der Waals surface area (Å²) in [4.78, 5) is 0. The van der Waals surface area contributed by atoms with Crippen molar-refractivity contribution in [2.45, 2.75) is 39.8 Å². The van der Waals surface area contributed by atoms with Gasteiger partial charge in [-0.3, -0.25) is 0 Å². The Balaban J connectivity index is 3.87. The Morgan fingerprint density at radius 2 is 1.00 bits per heavy atom. The van der Waals surface area contributed by atoms with Gasteiger partial charge in [0.15, 0.2) is 19.1 Å². The zero-order valence-corrected chi connectivity index (χ0v) is 8.82. The summed E-state index contributed by atoms with van der Waals surface area (Å²) in [6.07, 6.45) is -4.97. The van der Waals surface area contributed by atoms with Crippen molar-refractivity contribution in [2.24, 2.45) is 0 Å². The molecule has 80 valence electrons. The average molecular weight is 218 g/mol. The molecule has 0 rings (SSSR count). The van der Waals surface area contributed by atoms with E-state index in [-0.39, 0.29) is 0 Å². The van der Waals surface area contributed by atoms with Crippen LogP contribution in [0.2, 0.25) is 0 Å². The van der Waals surface area contributed by atoms with Crippen molar-refractivity contribution in [3.63, 3.8) is 0 Å². The predicted molar refractivity (Wildman–Crippen MR) is 42.1 cm³/mol. The van der Waals surface area contributed by atoms with Gasteiger partial charge in [-0.2, -0.15) is 0 Å². The van der Waals surface area contributed by atoms with Crippen molar-refractivity contribution < 1.29 is 26.4 Å². The lowest BCUT2D eigenvalue weighted by molar-refractivity contribution is -0.0675. The fourth-order valence-electron chi connectivity index (χ4n) is 0.556. The molecule has 13 heavy (non-hydrogen) atoms. The van der Waals surface area contributed by atoms with Gasteiger partial charge < -0.3 is 13.3 Å². The van der Waals surface area contributed by atoms with Gasteiger partial charge in [-0.1, -0.05) is 0 Å². The molecule has 0 aliphatic carbocycles. The lowest BCUT2D eigenvalue weighted by Crippen LogP contribution is -2.33. The second-order valence-electron chi connectivity index (χ2n) is 2.33. The molecule has 0 amide bonds. The van der Waals surface area contributed by atoms with Crippen LogP contribution in [-0.4, -0.2) is 28.6 Å². The molecule has 0 aromatic heterocycles. The summed E-state index contributed by atoms with van der Waals surface area (Å²) in [6.45, 7) is 3.25. The number of alkyl halides is 3. The molecule has 7 heteroatoms. The van der Waals surface area contributed by atoms with Crippen LogP contribution in [0.5, 0.6) is 0 Å². The van der Waals surface area contributed by atoms with E-state index >= 15 is 0 Å². The predicted octanol–water partition coefficient (Wildman–Crippen LogP) is 1.70. The van der Waals surface area contributed by atoms with Crippen LogP contribution in [0.15, 0.2) is 0 Å². The highest BCUT2D eigenvalue weighted by molar-refractivity contribution is 6.36. The molecular weight excluding hydrogens is 205 g/mol. The summed E-state index contributed by atoms with van der Waals surface area (Å²) in [7, 11) is -3.03. The number of halogens is 3. The summed E-state index contributed by atoms with van der Waals surface area (Å²) >= 11 is 0. The van der Waals surface area contributed by atoms with Gasteiger partial charge in [0.05, 0.1) is 0 Å². The zero-order chi connectivity index (χ0) is 10.4. The highest BCUT2D eigenvalue weighted by Crippen LogP contribution is 2.06. The second-order valence-corrected chi connectivity index (χ2v) is 3.72. The quantitative estimate of drug-likeness (QED) is 0.635. The van der Waals surface area contributed by atoms with Crippen molar-refractivity contribution >= 4 is 9.53 Å². The van der Waals surface area contributed by atoms with Crippen molar-refractivity contribution in [2.75, 3.05) is 0 Å². The average Bonchev–Trinajstić information content (AvgIpc) is 1.80. The second kappa shape index (κ2) is 6.36. The standard InChI is InChI=1S/C6H13F3O3Si/c1-4(7)10-13(11-5(2)8)12-6(3)9/h4-6,13H,1-3H3. The Morgan fingerprint density at radius 1 is 0.769 bits per heavy atom. The van der Waals surface area contributed by atoms with Gasteiger partial charge >= 0.3 is 9.53 Å². The summed E-state index contributed by atoms with van der Waals surface area (Å²) in [6, 6.07) is 0. The summed E-state index contributed by atoms with van der Waals surface area (Å²) in [5, 5.41) is 0. The number of hydrogen-bond donors (Lipinski definition) is 0. The summed E-state index contributed by atoms with van der Waals surface area (Å²) in [5.41, 5.74) is 0. The summed E-state index contributed by atoms with van der Waals surface area (Å²) < 4.78 is 50.0. The third kappa shape index (κ3) is 8.22. The van der Waals surface area contributed by atoms with Crippen LogP contribution in [0.4, 0.5) is 13.2 Å². The molecule has 0 bridgehead atoms. The zero-order valence-electron chi connectivity index (χ0n) is 7.67. The fraction of sp³-hybridized carbons (Fsp3) is 1.00. The van der Waals surface area contributed by atoms with Gasteiger partial charge in [-0.15, -0.1) is 0 Å². The SMILES string of the molecule is CC(F)O[SiH](OC(C)F)OC(C)F. The summed E-state index contributed by atoms with van der Waals surface area (Å²) in [5.74, 6) is 0. The maximum Gasteiger partial charge on any atom is 0.490 e. The molecule has 0 aliphatic heterocycles. The molecule has 0 saturated carbocycles. The Bertz CT molecular complexity index is 111. The van der Waals surface area contributed by atoms with E-state index in [1.165, 1.54) is 0 Å². The normalized spacial score (nSPS) is 20.8. The van der Waals surface area contributed by atoms with Crippen LogP contribution in [0, 0.1) is 0 Å². The van der Waals surface area contributed by atoms with E-state index in [2.05, 4.69) is 13.3 Å². The monoisotopic (exact) mass is 218 g/mol. The maximum atomic E-state index is 12.3. The van der Waals surface area contributed by atoms with E-state index in [1.807, 2.05) is 0 Å². The van der Waals surface area contributed by atoms with Gasteiger partial charge in [0.2, 0.25) is 0 Å². The molecule has 0 aromatic carbocycles. The lowest BCUT2D eigenvalue weighted by Gasteiger charge is -2.18. The van der Waals surface area contributed by atoms with Crippen molar-refractivity contribution in [3.05, 3.63) is 0 Å². The molecule has 0 heterocycles. The molecule has 3 unspecified atom stereocenters. The molecule has 0 spiro atoms. The molecular formula is C6H13F3O3Si. The highest BCUT2D eigenvalue weighted by Gasteiger charge is 2.23. The molecule has 0 aromatic rings. The van der Waals surface area contributed by atoms with Gasteiger partial charge in [-0.25, -0.2) is 13.2 Å². The molecule has 3 atom stereocenters. The Kier molecular flexibility index (Phi) is 6.30. The van der Waals surface area contributed by atoms with E-state index < -0.39 is 28.6 Å². The first kappa shape index (κ1) is 12.9. The van der Waals surface area contributed by atoms with Crippen LogP contribution in [0.3, 0.4) is 0 Å².